The molecule has 2 rings (SSSR count). The Kier molecular flexibility index (Phi) is 3.83. The molecule has 0 heteroatoms. The molecule has 0 fully saturated rings. The van der Waals surface area contributed by atoms with Crippen LogP contribution in [0.4, 0.5) is 0 Å². The van der Waals surface area contributed by atoms with Crippen LogP contribution in [0.25, 0.3) is 0 Å². The summed E-state index contributed by atoms with van der Waals surface area (Å²) >= 11 is 0. The minimum Gasteiger partial charge on any atom is -0.0877 e. The summed E-state index contributed by atoms with van der Waals surface area (Å²) in [5.41, 5.74) is 4.67. The van der Waals surface area contributed by atoms with E-state index in [1.165, 1.54) is 18.4 Å². The van der Waals surface area contributed by atoms with E-state index in [1.807, 2.05) is 0 Å². The van der Waals surface area contributed by atoms with Crippen molar-refractivity contribution in [2.24, 2.45) is 0 Å². The van der Waals surface area contributed by atoms with Crippen LogP contribution < -0.4 is 0 Å². The van der Waals surface area contributed by atoms with E-state index in [1.54, 1.807) is 11.1 Å². The molecule has 0 amide bonds. The maximum atomic E-state index is 2.34. The summed E-state index contributed by atoms with van der Waals surface area (Å²) in [6.45, 7) is 6.70. The third kappa shape index (κ3) is 2.22. The Bertz CT molecular complexity index is 437. The van der Waals surface area contributed by atoms with Crippen LogP contribution in [0.2, 0.25) is 0 Å². The minimum absolute atomic E-state index is 0.582. The first kappa shape index (κ1) is 12.2. The van der Waals surface area contributed by atoms with Crippen molar-refractivity contribution in [1.29, 1.82) is 0 Å². The number of rotatable bonds is 3. The molecule has 90 valence electrons. The van der Waals surface area contributed by atoms with Crippen LogP contribution >= 0.6 is 0 Å². The summed E-state index contributed by atoms with van der Waals surface area (Å²) < 4.78 is 0. The highest BCUT2D eigenvalue weighted by molar-refractivity contribution is 5.50. The maximum absolute atomic E-state index is 2.34. The third-order valence-electron chi connectivity index (χ3n) is 3.80. The molecule has 0 aromatic heterocycles. The van der Waals surface area contributed by atoms with Crippen molar-refractivity contribution < 1.29 is 0 Å². The van der Waals surface area contributed by atoms with Crippen LogP contribution in [-0.2, 0) is 0 Å². The van der Waals surface area contributed by atoms with E-state index in [2.05, 4.69) is 63.3 Å². The van der Waals surface area contributed by atoms with Crippen molar-refractivity contribution in [3.05, 3.63) is 59.2 Å². The molecule has 0 saturated carbocycles. The monoisotopic (exact) mass is 226 g/mol. The lowest BCUT2D eigenvalue weighted by Crippen LogP contribution is -1.97. The Morgan fingerprint density at radius 1 is 1.18 bits per heavy atom. The summed E-state index contributed by atoms with van der Waals surface area (Å²) in [4.78, 5) is 0. The summed E-state index contributed by atoms with van der Waals surface area (Å²) in [6.07, 6.45) is 9.14. The van der Waals surface area contributed by atoms with Gasteiger partial charge in [-0.1, -0.05) is 68.3 Å². The Labute approximate surface area is 105 Å². The van der Waals surface area contributed by atoms with Gasteiger partial charge >= 0.3 is 0 Å². The van der Waals surface area contributed by atoms with Gasteiger partial charge in [0.2, 0.25) is 0 Å². The summed E-state index contributed by atoms with van der Waals surface area (Å²) in [5, 5.41) is 0. The quantitative estimate of drug-likeness (QED) is 0.665. The lowest BCUT2D eigenvalue weighted by atomic mass is 9.91. The lowest BCUT2D eigenvalue weighted by Gasteiger charge is -2.14. The third-order valence-corrected chi connectivity index (χ3v) is 3.80. The van der Waals surface area contributed by atoms with Crippen molar-refractivity contribution in [3.8, 4) is 0 Å². The summed E-state index contributed by atoms with van der Waals surface area (Å²) in [5.74, 6) is 1.22. The predicted octanol–water partition coefficient (Wildman–Crippen LogP) is 5.19. The Hall–Kier alpha value is -1.30. The van der Waals surface area contributed by atoms with Crippen LogP contribution in [0.15, 0.2) is 48.1 Å². The molecule has 0 N–H and O–H groups in total. The molecule has 1 aromatic rings. The first-order valence-corrected chi connectivity index (χ1v) is 6.71. The maximum Gasteiger partial charge on any atom is 0.00601 e. The van der Waals surface area contributed by atoms with Crippen LogP contribution in [0.5, 0.6) is 0 Å². The molecule has 0 saturated heterocycles. The molecule has 0 radical (unpaired) electrons. The van der Waals surface area contributed by atoms with Gasteiger partial charge in [0, 0.05) is 11.8 Å². The summed E-state index contributed by atoms with van der Waals surface area (Å²) in [6, 6.07) is 8.94. The molecule has 1 aromatic carbocycles. The van der Waals surface area contributed by atoms with Crippen LogP contribution in [0.1, 0.15) is 56.6 Å². The highest BCUT2D eigenvalue weighted by Crippen LogP contribution is 2.47. The first-order chi connectivity index (χ1) is 8.29. The van der Waals surface area contributed by atoms with Crippen molar-refractivity contribution in [3.63, 3.8) is 0 Å². The van der Waals surface area contributed by atoms with E-state index in [-0.39, 0.29) is 0 Å². The van der Waals surface area contributed by atoms with Crippen molar-refractivity contribution >= 4 is 0 Å². The van der Waals surface area contributed by atoms with Gasteiger partial charge in [-0.15, -0.1) is 0 Å². The number of hydrogen-bond acceptors (Lipinski definition) is 0. The van der Waals surface area contributed by atoms with Gasteiger partial charge in [0.05, 0.1) is 0 Å². The first-order valence-electron chi connectivity index (χ1n) is 6.71. The van der Waals surface area contributed by atoms with Crippen LogP contribution in [0, 0.1) is 0 Å². The number of allylic oxidation sites excluding steroid dienone is 4. The second-order valence-corrected chi connectivity index (χ2v) is 4.88. The molecule has 2 atom stereocenters. The molecular weight excluding hydrogens is 204 g/mol. The van der Waals surface area contributed by atoms with E-state index in [0.29, 0.717) is 11.8 Å². The smallest absolute Gasteiger partial charge is 0.00601 e. The van der Waals surface area contributed by atoms with E-state index < -0.39 is 0 Å². The number of hydrogen-bond donors (Lipinski definition) is 0. The van der Waals surface area contributed by atoms with Gasteiger partial charge in [0.25, 0.3) is 0 Å². The highest BCUT2D eigenvalue weighted by atomic mass is 14.3. The van der Waals surface area contributed by atoms with Crippen molar-refractivity contribution in [1.82, 2.24) is 0 Å². The van der Waals surface area contributed by atoms with Gasteiger partial charge in [-0.05, 0) is 24.5 Å². The van der Waals surface area contributed by atoms with Gasteiger partial charge in [-0.2, -0.15) is 0 Å². The van der Waals surface area contributed by atoms with Crippen LogP contribution in [0.3, 0.4) is 0 Å². The van der Waals surface area contributed by atoms with Gasteiger partial charge in [0.15, 0.2) is 0 Å². The zero-order chi connectivity index (χ0) is 12.3. The Balaban J connectivity index is 2.43. The normalized spacial score (nSPS) is 25.7. The Morgan fingerprint density at radius 2 is 1.88 bits per heavy atom. The molecule has 0 heterocycles. The van der Waals surface area contributed by atoms with E-state index >= 15 is 0 Å². The zero-order valence-corrected chi connectivity index (χ0v) is 11.1. The summed E-state index contributed by atoms with van der Waals surface area (Å²) in [7, 11) is 0. The fourth-order valence-corrected chi connectivity index (χ4v) is 2.96. The average molecular weight is 226 g/mol. The molecule has 0 nitrogen and oxygen atoms in total. The molecule has 2 unspecified atom stereocenters. The highest BCUT2D eigenvalue weighted by Gasteiger charge is 2.31. The van der Waals surface area contributed by atoms with Crippen LogP contribution in [-0.4, -0.2) is 0 Å². The molecule has 1 aliphatic carbocycles. The van der Waals surface area contributed by atoms with E-state index in [4.69, 9.17) is 0 Å². The van der Waals surface area contributed by atoms with Gasteiger partial charge in [-0.3, -0.25) is 0 Å². The van der Waals surface area contributed by atoms with Gasteiger partial charge in [-0.25, -0.2) is 0 Å². The minimum atomic E-state index is 0.582. The fourth-order valence-electron chi connectivity index (χ4n) is 2.96. The fraction of sp³-hybridized carbons (Fsp3) is 0.412. The largest absolute Gasteiger partial charge is 0.0877 e. The Morgan fingerprint density at radius 3 is 2.53 bits per heavy atom. The molecule has 17 heavy (non-hydrogen) atoms. The second-order valence-electron chi connectivity index (χ2n) is 4.88. The van der Waals surface area contributed by atoms with E-state index in [9.17, 15) is 0 Å². The second kappa shape index (κ2) is 5.35. The number of fused-ring (bicyclic) bond motifs is 1. The average Bonchev–Trinajstić information content (AvgIpc) is 2.62. The topological polar surface area (TPSA) is 0 Å². The lowest BCUT2D eigenvalue weighted by molar-refractivity contribution is 0.685. The molecule has 0 spiro atoms. The molecular formula is C17H22. The standard InChI is InChI=1S/C17H22/c1-4-6-10-14-13(3)15-11-7-8-12-17(15)16(14)9-5-2/h4,6-8,10-13,16H,5,9H2,1-3H3/b6-4-,14-10+. The SMILES string of the molecule is C/C=C\C=C1/C(C)c2ccccc2C1CCC. The van der Waals surface area contributed by atoms with Gasteiger partial charge in [0.1, 0.15) is 0 Å². The number of benzene rings is 1. The molecule has 0 bridgehead atoms. The van der Waals surface area contributed by atoms with E-state index in [0.717, 1.165) is 0 Å². The molecule has 1 aliphatic rings. The van der Waals surface area contributed by atoms with Crippen molar-refractivity contribution in [2.45, 2.75) is 45.4 Å². The zero-order valence-electron chi connectivity index (χ0n) is 11.1. The predicted molar refractivity (Wildman–Crippen MR) is 75.4 cm³/mol. The van der Waals surface area contributed by atoms with Crippen molar-refractivity contribution in [2.75, 3.05) is 0 Å². The molecule has 0 aliphatic heterocycles. The van der Waals surface area contributed by atoms with Gasteiger partial charge < -0.3 is 0 Å².